The topological polar surface area (TPSA) is 73.2 Å². The molecule has 5 heteroatoms. The number of rotatable bonds is 7. The van der Waals surface area contributed by atoms with Crippen LogP contribution in [-0.4, -0.2) is 23.4 Å². The fourth-order valence-corrected chi connectivity index (χ4v) is 2.97. The zero-order chi connectivity index (χ0) is 19.2. The standard InChI is InChI=1S/C23H21N3O2/c24-20-12-6-4-10-18(20)21-16-22(26-25-21)19-11-5-7-13-23(19)28-15-14-27-17-8-2-1-3-9-17/h1-13,16H,14-15,24H2,(H,25,26). The lowest BCUT2D eigenvalue weighted by molar-refractivity contribution is 0.217. The third kappa shape index (κ3) is 3.99. The molecule has 0 atom stereocenters. The van der Waals surface area contributed by atoms with Crippen molar-refractivity contribution in [1.29, 1.82) is 0 Å². The molecule has 0 bridgehead atoms. The first-order valence-electron chi connectivity index (χ1n) is 9.11. The molecule has 0 aliphatic carbocycles. The molecule has 1 heterocycles. The van der Waals surface area contributed by atoms with Gasteiger partial charge in [-0.15, -0.1) is 0 Å². The zero-order valence-corrected chi connectivity index (χ0v) is 15.3. The van der Waals surface area contributed by atoms with Gasteiger partial charge in [-0.2, -0.15) is 5.10 Å². The molecule has 0 saturated heterocycles. The number of nitrogens with one attached hydrogen (secondary N) is 1. The lowest BCUT2D eigenvalue weighted by Crippen LogP contribution is -2.09. The van der Waals surface area contributed by atoms with Crippen LogP contribution in [0, 0.1) is 0 Å². The van der Waals surface area contributed by atoms with Crippen LogP contribution in [0.5, 0.6) is 11.5 Å². The van der Waals surface area contributed by atoms with Gasteiger partial charge in [-0.05, 0) is 36.4 Å². The Balaban J connectivity index is 1.47. The van der Waals surface area contributed by atoms with Crippen LogP contribution in [0.4, 0.5) is 5.69 Å². The van der Waals surface area contributed by atoms with Crippen LogP contribution in [0.15, 0.2) is 84.9 Å². The summed E-state index contributed by atoms with van der Waals surface area (Å²) in [5.41, 5.74) is 10.3. The summed E-state index contributed by atoms with van der Waals surface area (Å²) in [6.45, 7) is 0.902. The van der Waals surface area contributed by atoms with Gasteiger partial charge >= 0.3 is 0 Å². The molecule has 4 rings (SSSR count). The number of aromatic amines is 1. The van der Waals surface area contributed by atoms with Crippen LogP contribution >= 0.6 is 0 Å². The van der Waals surface area contributed by atoms with Crippen LogP contribution in [0.2, 0.25) is 0 Å². The summed E-state index contributed by atoms with van der Waals surface area (Å²) in [6.07, 6.45) is 0. The maximum absolute atomic E-state index is 6.07. The number of nitrogens with zero attached hydrogens (tertiary/aromatic N) is 1. The molecule has 0 aliphatic heterocycles. The van der Waals surface area contributed by atoms with E-state index < -0.39 is 0 Å². The molecule has 3 N–H and O–H groups in total. The van der Waals surface area contributed by atoms with Crippen LogP contribution < -0.4 is 15.2 Å². The third-order valence-corrected chi connectivity index (χ3v) is 4.34. The molecule has 4 aromatic rings. The average molecular weight is 371 g/mol. The van der Waals surface area contributed by atoms with Gasteiger partial charge in [0.25, 0.3) is 0 Å². The number of aromatic nitrogens is 2. The number of nitrogens with two attached hydrogens (primary N) is 1. The van der Waals surface area contributed by atoms with E-state index in [1.165, 1.54) is 0 Å². The molecule has 0 radical (unpaired) electrons. The first kappa shape index (κ1) is 17.7. The molecule has 0 saturated carbocycles. The number of anilines is 1. The monoisotopic (exact) mass is 371 g/mol. The summed E-state index contributed by atoms with van der Waals surface area (Å²) in [5, 5.41) is 7.52. The lowest BCUT2D eigenvalue weighted by atomic mass is 10.1. The average Bonchev–Trinajstić information content (AvgIpc) is 3.22. The Morgan fingerprint density at radius 2 is 1.43 bits per heavy atom. The second-order valence-corrected chi connectivity index (χ2v) is 6.26. The van der Waals surface area contributed by atoms with E-state index in [1.54, 1.807) is 0 Å². The fourth-order valence-electron chi connectivity index (χ4n) is 2.97. The molecule has 28 heavy (non-hydrogen) atoms. The highest BCUT2D eigenvalue weighted by Crippen LogP contribution is 2.32. The first-order valence-corrected chi connectivity index (χ1v) is 9.11. The van der Waals surface area contributed by atoms with Gasteiger partial charge in [0, 0.05) is 16.8 Å². The first-order chi connectivity index (χ1) is 13.8. The van der Waals surface area contributed by atoms with Crippen LogP contribution in [-0.2, 0) is 0 Å². The van der Waals surface area contributed by atoms with Crippen molar-refractivity contribution in [1.82, 2.24) is 10.2 Å². The smallest absolute Gasteiger partial charge is 0.128 e. The zero-order valence-electron chi connectivity index (χ0n) is 15.3. The maximum Gasteiger partial charge on any atom is 0.128 e. The third-order valence-electron chi connectivity index (χ3n) is 4.34. The maximum atomic E-state index is 6.07. The van der Waals surface area contributed by atoms with E-state index in [-0.39, 0.29) is 0 Å². The van der Waals surface area contributed by atoms with Gasteiger partial charge in [-0.1, -0.05) is 48.5 Å². The molecule has 0 fully saturated rings. The van der Waals surface area contributed by atoms with Crippen molar-refractivity contribution in [2.45, 2.75) is 0 Å². The Bertz CT molecular complexity index is 1040. The highest BCUT2D eigenvalue weighted by Gasteiger charge is 2.12. The highest BCUT2D eigenvalue weighted by atomic mass is 16.5. The van der Waals surface area contributed by atoms with Gasteiger partial charge < -0.3 is 15.2 Å². The summed E-state index contributed by atoms with van der Waals surface area (Å²) in [6, 6.07) is 27.2. The van der Waals surface area contributed by atoms with Crippen molar-refractivity contribution in [3.8, 4) is 34.0 Å². The highest BCUT2D eigenvalue weighted by molar-refractivity contribution is 5.77. The number of H-pyrrole nitrogens is 1. The number of nitrogen functional groups attached to an aromatic ring is 1. The predicted octanol–water partition coefficient (Wildman–Crippen LogP) is 4.78. The van der Waals surface area contributed by atoms with E-state index in [1.807, 2.05) is 84.9 Å². The Kier molecular flexibility index (Phi) is 5.24. The fraction of sp³-hybridized carbons (Fsp3) is 0.0870. The van der Waals surface area contributed by atoms with Gasteiger partial charge in [-0.25, -0.2) is 0 Å². The van der Waals surface area contributed by atoms with Gasteiger partial charge in [0.15, 0.2) is 0 Å². The minimum absolute atomic E-state index is 0.439. The second kappa shape index (κ2) is 8.31. The Morgan fingerprint density at radius 3 is 2.25 bits per heavy atom. The lowest BCUT2D eigenvalue weighted by Gasteiger charge is -2.11. The SMILES string of the molecule is Nc1ccccc1-c1cc(-c2ccccc2OCCOc2ccccc2)n[nH]1. The molecule has 1 aromatic heterocycles. The molecular weight excluding hydrogens is 350 g/mol. The van der Waals surface area contributed by atoms with Crippen molar-refractivity contribution in [3.05, 3.63) is 84.9 Å². The molecule has 140 valence electrons. The quantitative estimate of drug-likeness (QED) is 0.362. The van der Waals surface area contributed by atoms with E-state index in [2.05, 4.69) is 10.2 Å². The molecule has 0 unspecified atom stereocenters. The van der Waals surface area contributed by atoms with Gasteiger partial charge in [0.1, 0.15) is 24.7 Å². The predicted molar refractivity (Wildman–Crippen MR) is 111 cm³/mol. The van der Waals surface area contributed by atoms with E-state index in [9.17, 15) is 0 Å². The number of para-hydroxylation sites is 3. The minimum Gasteiger partial charge on any atom is -0.490 e. The largest absolute Gasteiger partial charge is 0.490 e. The van der Waals surface area contributed by atoms with Crippen LogP contribution in [0.1, 0.15) is 0 Å². The summed E-state index contributed by atoms with van der Waals surface area (Å²) in [5.74, 6) is 1.59. The van der Waals surface area contributed by atoms with Gasteiger partial charge in [-0.3, -0.25) is 5.10 Å². The van der Waals surface area contributed by atoms with E-state index in [4.69, 9.17) is 15.2 Å². The molecule has 5 nitrogen and oxygen atoms in total. The summed E-state index contributed by atoms with van der Waals surface area (Å²) in [4.78, 5) is 0. The molecule has 0 aliphatic rings. The molecular formula is C23H21N3O2. The van der Waals surface area contributed by atoms with Crippen molar-refractivity contribution in [2.24, 2.45) is 0 Å². The van der Waals surface area contributed by atoms with Crippen molar-refractivity contribution in [2.75, 3.05) is 18.9 Å². The Morgan fingerprint density at radius 1 is 0.750 bits per heavy atom. The number of ether oxygens (including phenoxy) is 2. The number of hydrogen-bond acceptors (Lipinski definition) is 4. The molecule has 0 amide bonds. The van der Waals surface area contributed by atoms with Gasteiger partial charge in [0.2, 0.25) is 0 Å². The van der Waals surface area contributed by atoms with Crippen LogP contribution in [0.25, 0.3) is 22.5 Å². The Labute approximate surface area is 163 Å². The summed E-state index contributed by atoms with van der Waals surface area (Å²) < 4.78 is 11.6. The molecule has 3 aromatic carbocycles. The van der Waals surface area contributed by atoms with Crippen molar-refractivity contribution in [3.63, 3.8) is 0 Å². The van der Waals surface area contributed by atoms with Crippen molar-refractivity contribution >= 4 is 5.69 Å². The second-order valence-electron chi connectivity index (χ2n) is 6.26. The number of hydrogen-bond donors (Lipinski definition) is 2. The van der Waals surface area contributed by atoms with E-state index in [0.717, 1.165) is 34.0 Å². The summed E-state index contributed by atoms with van der Waals surface area (Å²) in [7, 11) is 0. The van der Waals surface area contributed by atoms with Crippen molar-refractivity contribution < 1.29 is 9.47 Å². The Hall–Kier alpha value is -3.73. The normalized spacial score (nSPS) is 10.6. The van der Waals surface area contributed by atoms with Crippen LogP contribution in [0.3, 0.4) is 0 Å². The minimum atomic E-state index is 0.439. The molecule has 0 spiro atoms. The van der Waals surface area contributed by atoms with Gasteiger partial charge in [0.05, 0.1) is 11.4 Å². The number of benzene rings is 3. The summed E-state index contributed by atoms with van der Waals surface area (Å²) >= 11 is 0. The van der Waals surface area contributed by atoms with E-state index >= 15 is 0 Å². The van der Waals surface area contributed by atoms with E-state index in [0.29, 0.717) is 18.9 Å².